The number of rotatable bonds is 6. The van der Waals surface area contributed by atoms with Crippen LogP contribution >= 0.6 is 0 Å². The Bertz CT molecular complexity index is 956. The Morgan fingerprint density at radius 2 is 2.04 bits per heavy atom. The van der Waals surface area contributed by atoms with Gasteiger partial charge in [0.25, 0.3) is 5.91 Å². The minimum absolute atomic E-state index is 0.0149. The van der Waals surface area contributed by atoms with E-state index in [2.05, 4.69) is 23.4 Å². The molecule has 134 valence electrons. The van der Waals surface area contributed by atoms with E-state index in [1.807, 2.05) is 41.9 Å². The number of hydrogen-bond donors (Lipinski definition) is 1. The van der Waals surface area contributed by atoms with Crippen molar-refractivity contribution in [3.63, 3.8) is 0 Å². The molecule has 0 bridgehead atoms. The Labute approximate surface area is 153 Å². The summed E-state index contributed by atoms with van der Waals surface area (Å²) in [6.45, 7) is 5.50. The monoisotopic (exact) mass is 348 g/mol. The highest BCUT2D eigenvalue weighted by molar-refractivity contribution is 6.06. The van der Waals surface area contributed by atoms with Crippen molar-refractivity contribution in [3.05, 3.63) is 59.0 Å². The average Bonchev–Trinajstić information content (AvgIpc) is 3.43. The molecule has 0 atom stereocenters. The van der Waals surface area contributed by atoms with E-state index >= 15 is 0 Å². The third-order valence-corrected chi connectivity index (χ3v) is 4.91. The van der Waals surface area contributed by atoms with Crippen LogP contribution in [0.5, 0.6) is 0 Å². The summed E-state index contributed by atoms with van der Waals surface area (Å²) >= 11 is 0. The standard InChI is InChI=1S/C21H24N4O/c1-14-12-15(2)25(24-14)11-5-10-22-21(26)18-13-20(16-8-9-16)23-19-7-4-3-6-17(18)19/h3-4,6-7,12-13,16H,5,8-11H2,1-2H3,(H,22,26). The summed E-state index contributed by atoms with van der Waals surface area (Å²) in [6.07, 6.45) is 3.20. The zero-order chi connectivity index (χ0) is 18.1. The van der Waals surface area contributed by atoms with E-state index in [0.29, 0.717) is 12.5 Å². The molecule has 2 aromatic heterocycles. The lowest BCUT2D eigenvalue weighted by Crippen LogP contribution is -2.26. The van der Waals surface area contributed by atoms with Gasteiger partial charge in [-0.1, -0.05) is 18.2 Å². The number of fused-ring (bicyclic) bond motifs is 1. The Kier molecular flexibility index (Phi) is 4.45. The van der Waals surface area contributed by atoms with Crippen LogP contribution in [0, 0.1) is 13.8 Å². The maximum Gasteiger partial charge on any atom is 0.252 e. The largest absolute Gasteiger partial charge is 0.352 e. The predicted molar refractivity (Wildman–Crippen MR) is 102 cm³/mol. The summed E-state index contributed by atoms with van der Waals surface area (Å²) < 4.78 is 1.99. The van der Waals surface area contributed by atoms with Crippen molar-refractivity contribution in [1.82, 2.24) is 20.1 Å². The second-order valence-electron chi connectivity index (χ2n) is 7.15. The van der Waals surface area contributed by atoms with Gasteiger partial charge in [-0.15, -0.1) is 0 Å². The summed E-state index contributed by atoms with van der Waals surface area (Å²) in [6, 6.07) is 11.9. The number of hydrogen-bond acceptors (Lipinski definition) is 3. The topological polar surface area (TPSA) is 59.8 Å². The second-order valence-corrected chi connectivity index (χ2v) is 7.15. The number of aromatic nitrogens is 3. The van der Waals surface area contributed by atoms with E-state index < -0.39 is 0 Å². The van der Waals surface area contributed by atoms with Crippen LogP contribution in [0.3, 0.4) is 0 Å². The molecule has 1 aliphatic rings. The first kappa shape index (κ1) is 16.8. The highest BCUT2D eigenvalue weighted by Gasteiger charge is 2.26. The number of para-hydroxylation sites is 1. The molecule has 26 heavy (non-hydrogen) atoms. The quantitative estimate of drug-likeness (QED) is 0.690. The summed E-state index contributed by atoms with van der Waals surface area (Å²) in [4.78, 5) is 17.5. The summed E-state index contributed by atoms with van der Waals surface area (Å²) in [7, 11) is 0. The van der Waals surface area contributed by atoms with Crippen LogP contribution in [0.2, 0.25) is 0 Å². The van der Waals surface area contributed by atoms with Crippen LogP contribution in [0.1, 0.15) is 52.6 Å². The van der Waals surface area contributed by atoms with Crippen LogP contribution in [-0.4, -0.2) is 27.2 Å². The average molecular weight is 348 g/mol. The molecule has 0 unspecified atom stereocenters. The number of aryl methyl sites for hydroxylation is 3. The number of nitrogens with one attached hydrogen (secondary N) is 1. The third-order valence-electron chi connectivity index (χ3n) is 4.91. The van der Waals surface area contributed by atoms with Crippen molar-refractivity contribution in [3.8, 4) is 0 Å². The molecule has 5 nitrogen and oxygen atoms in total. The molecule has 0 saturated heterocycles. The number of benzene rings is 1. The highest BCUT2D eigenvalue weighted by Crippen LogP contribution is 2.40. The molecule has 4 rings (SSSR count). The Hall–Kier alpha value is -2.69. The number of amides is 1. The number of carbonyl (C=O) groups excluding carboxylic acids is 1. The van der Waals surface area contributed by atoms with Crippen LogP contribution in [0.4, 0.5) is 0 Å². The van der Waals surface area contributed by atoms with Crippen molar-refractivity contribution in [1.29, 1.82) is 0 Å². The van der Waals surface area contributed by atoms with Gasteiger partial charge in [0, 0.05) is 35.8 Å². The maximum atomic E-state index is 12.8. The highest BCUT2D eigenvalue weighted by atomic mass is 16.1. The zero-order valence-corrected chi connectivity index (χ0v) is 15.3. The third kappa shape index (κ3) is 3.47. The van der Waals surface area contributed by atoms with E-state index in [1.54, 1.807) is 0 Å². The van der Waals surface area contributed by atoms with Gasteiger partial charge in [0.2, 0.25) is 0 Å². The Morgan fingerprint density at radius 1 is 1.23 bits per heavy atom. The van der Waals surface area contributed by atoms with Gasteiger partial charge in [0.15, 0.2) is 0 Å². The van der Waals surface area contributed by atoms with E-state index in [4.69, 9.17) is 4.98 Å². The SMILES string of the molecule is Cc1cc(C)n(CCCNC(=O)c2cc(C3CC3)nc3ccccc23)n1. The first-order valence-electron chi connectivity index (χ1n) is 9.31. The van der Waals surface area contributed by atoms with Gasteiger partial charge < -0.3 is 5.32 Å². The van der Waals surface area contributed by atoms with Crippen molar-refractivity contribution in [2.45, 2.75) is 45.6 Å². The van der Waals surface area contributed by atoms with Gasteiger partial charge in [0.1, 0.15) is 0 Å². The van der Waals surface area contributed by atoms with Crippen molar-refractivity contribution < 1.29 is 4.79 Å². The van der Waals surface area contributed by atoms with Crippen LogP contribution < -0.4 is 5.32 Å². The molecule has 0 spiro atoms. The summed E-state index contributed by atoms with van der Waals surface area (Å²) in [5.74, 6) is 0.510. The molecule has 1 saturated carbocycles. The van der Waals surface area contributed by atoms with Crippen molar-refractivity contribution >= 4 is 16.8 Å². The lowest BCUT2D eigenvalue weighted by molar-refractivity contribution is 0.0954. The fraction of sp³-hybridized carbons (Fsp3) is 0.381. The smallest absolute Gasteiger partial charge is 0.252 e. The molecule has 1 aromatic carbocycles. The molecule has 1 amide bonds. The van der Waals surface area contributed by atoms with E-state index in [1.165, 1.54) is 12.8 Å². The molecular formula is C21H24N4O. The molecule has 2 heterocycles. The Balaban J connectivity index is 1.45. The molecule has 1 N–H and O–H groups in total. The number of nitrogens with zero attached hydrogens (tertiary/aromatic N) is 3. The first-order chi connectivity index (χ1) is 12.6. The fourth-order valence-electron chi connectivity index (χ4n) is 3.40. The van der Waals surface area contributed by atoms with Gasteiger partial charge in [-0.25, -0.2) is 0 Å². The normalized spacial score (nSPS) is 13.9. The lowest BCUT2D eigenvalue weighted by Gasteiger charge is -2.10. The van der Waals surface area contributed by atoms with Gasteiger partial charge in [-0.2, -0.15) is 5.10 Å². The molecule has 1 fully saturated rings. The molecular weight excluding hydrogens is 324 g/mol. The zero-order valence-electron chi connectivity index (χ0n) is 15.3. The molecule has 0 aliphatic heterocycles. The van der Waals surface area contributed by atoms with E-state index in [-0.39, 0.29) is 5.91 Å². The van der Waals surface area contributed by atoms with Crippen LogP contribution in [-0.2, 0) is 6.54 Å². The maximum absolute atomic E-state index is 12.8. The van der Waals surface area contributed by atoms with Gasteiger partial charge >= 0.3 is 0 Å². The summed E-state index contributed by atoms with van der Waals surface area (Å²) in [5, 5.41) is 8.45. The number of pyridine rings is 1. The number of carbonyl (C=O) groups is 1. The minimum atomic E-state index is -0.0149. The van der Waals surface area contributed by atoms with Crippen LogP contribution in [0.15, 0.2) is 36.4 Å². The fourth-order valence-corrected chi connectivity index (χ4v) is 3.40. The second kappa shape index (κ2) is 6.90. The minimum Gasteiger partial charge on any atom is -0.352 e. The Morgan fingerprint density at radius 3 is 2.77 bits per heavy atom. The molecule has 5 heteroatoms. The molecule has 1 aliphatic carbocycles. The van der Waals surface area contributed by atoms with Gasteiger partial charge in [0.05, 0.1) is 16.8 Å². The first-order valence-corrected chi connectivity index (χ1v) is 9.31. The summed E-state index contributed by atoms with van der Waals surface area (Å²) in [5.41, 5.74) is 4.88. The van der Waals surface area contributed by atoms with Gasteiger partial charge in [-0.3, -0.25) is 14.5 Å². The molecule has 3 aromatic rings. The van der Waals surface area contributed by atoms with Crippen molar-refractivity contribution in [2.75, 3.05) is 6.54 Å². The van der Waals surface area contributed by atoms with Gasteiger partial charge in [-0.05, 0) is 51.3 Å². The van der Waals surface area contributed by atoms with E-state index in [0.717, 1.165) is 46.5 Å². The predicted octanol–water partition coefficient (Wildman–Crippen LogP) is 3.75. The van der Waals surface area contributed by atoms with E-state index in [9.17, 15) is 4.79 Å². The van der Waals surface area contributed by atoms with Crippen LogP contribution in [0.25, 0.3) is 10.9 Å². The van der Waals surface area contributed by atoms with Crippen molar-refractivity contribution in [2.24, 2.45) is 0 Å². The molecule has 0 radical (unpaired) electrons. The lowest BCUT2D eigenvalue weighted by atomic mass is 10.1.